The molecule has 2 heterocycles. The molecule has 1 aromatic carbocycles. The maximum Gasteiger partial charge on any atom is 0.462 e. The Kier molecular flexibility index (Phi) is 4.08. The first-order valence-electron chi connectivity index (χ1n) is 8.07. The summed E-state index contributed by atoms with van der Waals surface area (Å²) in [6.45, 7) is 7.66. The van der Waals surface area contributed by atoms with E-state index in [9.17, 15) is 8.78 Å². The molecule has 0 unspecified atom stereocenters. The van der Waals surface area contributed by atoms with Gasteiger partial charge in [0.05, 0.1) is 11.2 Å². The van der Waals surface area contributed by atoms with Gasteiger partial charge in [0.2, 0.25) is 0 Å². The van der Waals surface area contributed by atoms with Crippen molar-refractivity contribution in [1.29, 1.82) is 0 Å². The summed E-state index contributed by atoms with van der Waals surface area (Å²) < 4.78 is 40.9. The number of allylic oxidation sites excluding steroid dienone is 1. The minimum Gasteiger partial charge on any atom is -0.403 e. The molecule has 1 saturated heterocycles. The van der Waals surface area contributed by atoms with Crippen molar-refractivity contribution in [2.24, 2.45) is 7.05 Å². The van der Waals surface area contributed by atoms with Gasteiger partial charge < -0.3 is 13.9 Å². The van der Waals surface area contributed by atoms with Crippen LogP contribution in [0.3, 0.4) is 0 Å². The largest absolute Gasteiger partial charge is 0.462 e. The predicted molar refractivity (Wildman–Crippen MR) is 92.9 cm³/mol. The van der Waals surface area contributed by atoms with Crippen molar-refractivity contribution in [3.63, 3.8) is 0 Å². The smallest absolute Gasteiger partial charge is 0.403 e. The van der Waals surface area contributed by atoms with Gasteiger partial charge in [-0.1, -0.05) is 18.2 Å². The summed E-state index contributed by atoms with van der Waals surface area (Å²) in [5.74, 6) is 0. The second kappa shape index (κ2) is 5.71. The minimum atomic E-state index is -1.70. The Balaban J connectivity index is 1.95. The van der Waals surface area contributed by atoms with Gasteiger partial charge in [0, 0.05) is 35.5 Å². The van der Waals surface area contributed by atoms with E-state index < -0.39 is 24.4 Å². The molecular weight excluding hydrogens is 311 g/mol. The van der Waals surface area contributed by atoms with Crippen molar-refractivity contribution >= 4 is 23.6 Å². The van der Waals surface area contributed by atoms with Crippen LogP contribution in [0.2, 0.25) is 6.32 Å². The maximum absolute atomic E-state index is 13.7. The topological polar surface area (TPSA) is 23.4 Å². The summed E-state index contributed by atoms with van der Waals surface area (Å²) in [5, 5.41) is 0.933. The molecule has 3 rings (SSSR count). The van der Waals surface area contributed by atoms with Gasteiger partial charge in [-0.3, -0.25) is 0 Å². The number of hydrogen-bond acceptors (Lipinski definition) is 2. The van der Waals surface area contributed by atoms with Gasteiger partial charge in [0.25, 0.3) is 6.08 Å². The van der Waals surface area contributed by atoms with Gasteiger partial charge in [-0.25, -0.2) is 0 Å². The van der Waals surface area contributed by atoms with Gasteiger partial charge in [0.1, 0.15) is 0 Å². The van der Waals surface area contributed by atoms with E-state index in [4.69, 9.17) is 9.31 Å². The fourth-order valence-electron chi connectivity index (χ4n) is 3.07. The Labute approximate surface area is 141 Å². The van der Waals surface area contributed by atoms with Crippen molar-refractivity contribution in [3.05, 3.63) is 42.1 Å². The summed E-state index contributed by atoms with van der Waals surface area (Å²) >= 11 is 0. The van der Waals surface area contributed by atoms with Crippen LogP contribution in [-0.2, 0) is 16.4 Å². The highest BCUT2D eigenvalue weighted by atomic mass is 19.3. The average molecular weight is 333 g/mol. The van der Waals surface area contributed by atoms with Crippen molar-refractivity contribution in [3.8, 4) is 0 Å². The fourth-order valence-corrected chi connectivity index (χ4v) is 3.07. The lowest BCUT2D eigenvalue weighted by atomic mass is 9.79. The number of halogens is 2. The van der Waals surface area contributed by atoms with Crippen LogP contribution in [0, 0.1) is 0 Å². The Bertz CT molecular complexity index is 790. The van der Waals surface area contributed by atoms with Crippen molar-refractivity contribution in [1.82, 2.24) is 4.57 Å². The van der Waals surface area contributed by atoms with Gasteiger partial charge in [0.15, 0.2) is 0 Å². The Morgan fingerprint density at radius 2 is 1.67 bits per heavy atom. The molecule has 0 radical (unpaired) electrons. The first-order chi connectivity index (χ1) is 11.1. The molecule has 0 spiro atoms. The number of benzene rings is 1. The molecule has 0 atom stereocenters. The number of rotatable bonds is 3. The number of fused-ring (bicyclic) bond motifs is 1. The van der Waals surface area contributed by atoms with Crippen LogP contribution in [0.1, 0.15) is 33.4 Å². The van der Waals surface area contributed by atoms with E-state index >= 15 is 0 Å². The van der Waals surface area contributed by atoms with Crippen LogP contribution < -0.4 is 0 Å². The van der Waals surface area contributed by atoms with E-state index in [2.05, 4.69) is 0 Å². The SMILES string of the molecule is Cn1c(C(CB2OC(C)(C)C(C)(C)O2)=C(F)F)cc2ccccc21. The number of para-hydroxylation sites is 1. The fraction of sp³-hybridized carbons (Fsp3) is 0.444. The average Bonchev–Trinajstić information content (AvgIpc) is 2.90. The van der Waals surface area contributed by atoms with Gasteiger partial charge in [-0.2, -0.15) is 8.78 Å². The summed E-state index contributed by atoms with van der Waals surface area (Å²) in [5.41, 5.74) is 0.307. The third-order valence-electron chi connectivity index (χ3n) is 5.16. The van der Waals surface area contributed by atoms with E-state index in [1.165, 1.54) is 0 Å². The second-order valence-electron chi connectivity index (χ2n) is 7.28. The van der Waals surface area contributed by atoms with Crippen LogP contribution in [-0.4, -0.2) is 22.9 Å². The van der Waals surface area contributed by atoms with Crippen molar-refractivity contribution in [2.75, 3.05) is 0 Å². The molecule has 0 N–H and O–H groups in total. The molecule has 1 aliphatic rings. The van der Waals surface area contributed by atoms with Crippen LogP contribution in [0.15, 0.2) is 36.4 Å². The first-order valence-corrected chi connectivity index (χ1v) is 8.07. The Hall–Kier alpha value is -1.66. The molecule has 128 valence electrons. The number of nitrogens with zero attached hydrogens (tertiary/aromatic N) is 1. The standard InChI is InChI=1S/C18H22BF2NO2/c1-17(2)18(3,4)24-19(23-17)11-13(16(20)21)15-10-12-8-6-7-9-14(12)22(15)5/h6-10H,11H2,1-5H3. The zero-order valence-electron chi connectivity index (χ0n) is 14.7. The molecule has 0 saturated carbocycles. The molecule has 0 amide bonds. The summed E-state index contributed by atoms with van der Waals surface area (Å²) in [6, 6.07) is 9.42. The monoisotopic (exact) mass is 333 g/mol. The molecule has 2 aromatic rings. The molecule has 0 bridgehead atoms. The normalized spacial score (nSPS) is 19.0. The summed E-state index contributed by atoms with van der Waals surface area (Å²) in [4.78, 5) is 0. The molecule has 0 aliphatic carbocycles. The molecule has 1 aromatic heterocycles. The van der Waals surface area contributed by atoms with Crippen LogP contribution in [0.5, 0.6) is 0 Å². The van der Waals surface area contributed by atoms with Gasteiger partial charge >= 0.3 is 7.12 Å². The lowest BCUT2D eigenvalue weighted by molar-refractivity contribution is 0.00578. The molecule has 6 heteroatoms. The van der Waals surface area contributed by atoms with E-state index in [-0.39, 0.29) is 11.9 Å². The minimum absolute atomic E-state index is 0.0132. The van der Waals surface area contributed by atoms with E-state index in [1.807, 2.05) is 52.0 Å². The summed E-state index contributed by atoms with van der Waals surface area (Å²) in [7, 11) is 1.11. The van der Waals surface area contributed by atoms with Gasteiger partial charge in [-0.05, 0) is 39.8 Å². The third kappa shape index (κ3) is 2.78. The number of aromatic nitrogens is 1. The van der Waals surface area contributed by atoms with Crippen molar-refractivity contribution in [2.45, 2.75) is 45.2 Å². The lowest BCUT2D eigenvalue weighted by Crippen LogP contribution is -2.41. The lowest BCUT2D eigenvalue weighted by Gasteiger charge is -2.32. The second-order valence-corrected chi connectivity index (χ2v) is 7.28. The van der Waals surface area contributed by atoms with Crippen molar-refractivity contribution < 1.29 is 18.1 Å². The molecule has 1 aliphatic heterocycles. The maximum atomic E-state index is 13.7. The highest BCUT2D eigenvalue weighted by molar-refractivity contribution is 6.48. The summed E-state index contributed by atoms with van der Waals surface area (Å²) in [6.07, 6.45) is -1.69. The van der Waals surface area contributed by atoms with Crippen LogP contribution in [0.4, 0.5) is 8.78 Å². The molecule has 1 fully saturated rings. The quantitative estimate of drug-likeness (QED) is 0.748. The zero-order valence-corrected chi connectivity index (χ0v) is 14.7. The highest BCUT2D eigenvalue weighted by Gasteiger charge is 2.51. The zero-order chi connectivity index (χ0) is 17.7. The van der Waals surface area contributed by atoms with E-state index in [0.717, 1.165) is 10.9 Å². The first kappa shape index (κ1) is 17.2. The van der Waals surface area contributed by atoms with Crippen LogP contribution in [0.25, 0.3) is 16.5 Å². The molecular formula is C18H22BF2NO2. The van der Waals surface area contributed by atoms with Crippen LogP contribution >= 0.6 is 0 Å². The number of aryl methyl sites for hydroxylation is 1. The predicted octanol–water partition coefficient (Wildman–Crippen LogP) is 4.88. The van der Waals surface area contributed by atoms with E-state index in [0.29, 0.717) is 5.69 Å². The Morgan fingerprint density at radius 3 is 2.21 bits per heavy atom. The highest BCUT2D eigenvalue weighted by Crippen LogP contribution is 2.40. The third-order valence-corrected chi connectivity index (χ3v) is 5.16. The molecule has 24 heavy (non-hydrogen) atoms. The van der Waals surface area contributed by atoms with Gasteiger partial charge in [-0.15, -0.1) is 0 Å². The Morgan fingerprint density at radius 1 is 1.08 bits per heavy atom. The molecule has 3 nitrogen and oxygen atoms in total. The van der Waals surface area contributed by atoms with E-state index in [1.54, 1.807) is 17.7 Å². The number of hydrogen-bond donors (Lipinski definition) is 0.